The molecule has 1 aromatic carbocycles. The second kappa shape index (κ2) is 4.43. The van der Waals surface area contributed by atoms with E-state index < -0.39 is 0 Å². The van der Waals surface area contributed by atoms with Crippen molar-refractivity contribution >= 4 is 0 Å². The number of hydrogen-bond donors (Lipinski definition) is 1. The lowest BCUT2D eigenvalue weighted by molar-refractivity contribution is 0.214. The third-order valence-electron chi connectivity index (χ3n) is 4.50. The van der Waals surface area contributed by atoms with Gasteiger partial charge >= 0.3 is 0 Å². The first-order valence-corrected chi connectivity index (χ1v) is 6.68. The Morgan fingerprint density at radius 3 is 3.00 bits per heavy atom. The molecule has 0 bridgehead atoms. The number of aliphatic hydroxyl groups is 1. The molecule has 2 aliphatic rings. The minimum Gasteiger partial charge on any atom is -0.395 e. The molecule has 1 fully saturated rings. The van der Waals surface area contributed by atoms with Gasteiger partial charge in [0.25, 0.3) is 0 Å². The summed E-state index contributed by atoms with van der Waals surface area (Å²) in [6, 6.07) is 8.94. The van der Waals surface area contributed by atoms with Crippen LogP contribution in [0.3, 0.4) is 0 Å². The molecule has 0 amide bonds. The molecular weight excluding hydrogens is 210 g/mol. The number of aliphatic hydroxyl groups excluding tert-OH is 1. The standard InChI is InChI=1S/C15H21NO/c1-16(8-9-17)10-14-13-7-6-11-4-2-3-5-12(11)15(13)14/h2-5,13-15,17H,6-10H2,1H3. The van der Waals surface area contributed by atoms with Crippen LogP contribution in [0.5, 0.6) is 0 Å². The van der Waals surface area contributed by atoms with E-state index in [4.69, 9.17) is 5.11 Å². The van der Waals surface area contributed by atoms with Gasteiger partial charge in [-0.25, -0.2) is 0 Å². The van der Waals surface area contributed by atoms with Crippen molar-refractivity contribution in [3.8, 4) is 0 Å². The highest BCUT2D eigenvalue weighted by Gasteiger charge is 2.52. The number of benzene rings is 1. The highest BCUT2D eigenvalue weighted by atomic mass is 16.3. The SMILES string of the molecule is CN(CCO)CC1C2CCc3ccccc3C21. The molecule has 3 rings (SSSR count). The van der Waals surface area contributed by atoms with E-state index >= 15 is 0 Å². The zero-order chi connectivity index (χ0) is 11.8. The van der Waals surface area contributed by atoms with Gasteiger partial charge in [0.05, 0.1) is 6.61 Å². The van der Waals surface area contributed by atoms with Gasteiger partial charge in [0.2, 0.25) is 0 Å². The number of likely N-dealkylation sites (N-methyl/N-ethyl adjacent to an activating group) is 1. The van der Waals surface area contributed by atoms with Gasteiger partial charge in [-0.15, -0.1) is 0 Å². The van der Waals surface area contributed by atoms with Crippen LogP contribution < -0.4 is 0 Å². The largest absolute Gasteiger partial charge is 0.395 e. The average molecular weight is 231 g/mol. The Labute approximate surface area is 103 Å². The van der Waals surface area contributed by atoms with Crippen LogP contribution in [0.1, 0.15) is 23.5 Å². The summed E-state index contributed by atoms with van der Waals surface area (Å²) in [5, 5.41) is 8.94. The van der Waals surface area contributed by atoms with Crippen molar-refractivity contribution in [2.45, 2.75) is 18.8 Å². The molecule has 0 heterocycles. The van der Waals surface area contributed by atoms with Crippen molar-refractivity contribution in [1.29, 1.82) is 0 Å². The van der Waals surface area contributed by atoms with E-state index in [9.17, 15) is 0 Å². The monoisotopic (exact) mass is 231 g/mol. The van der Waals surface area contributed by atoms with Crippen LogP contribution >= 0.6 is 0 Å². The van der Waals surface area contributed by atoms with Gasteiger partial charge in [0.15, 0.2) is 0 Å². The lowest BCUT2D eigenvalue weighted by Crippen LogP contribution is -2.25. The zero-order valence-electron chi connectivity index (χ0n) is 10.5. The molecule has 1 saturated carbocycles. The van der Waals surface area contributed by atoms with Crippen LogP contribution in [0.15, 0.2) is 24.3 Å². The maximum Gasteiger partial charge on any atom is 0.0558 e. The van der Waals surface area contributed by atoms with Crippen molar-refractivity contribution < 1.29 is 5.11 Å². The maximum atomic E-state index is 8.94. The van der Waals surface area contributed by atoms with Gasteiger partial charge in [-0.3, -0.25) is 0 Å². The smallest absolute Gasteiger partial charge is 0.0558 e. The van der Waals surface area contributed by atoms with E-state index in [2.05, 4.69) is 36.2 Å². The molecule has 2 aliphatic carbocycles. The summed E-state index contributed by atoms with van der Waals surface area (Å²) in [6.07, 6.45) is 2.62. The molecule has 0 radical (unpaired) electrons. The molecule has 0 aromatic heterocycles. The first kappa shape index (κ1) is 11.2. The first-order valence-electron chi connectivity index (χ1n) is 6.68. The van der Waals surface area contributed by atoms with Gasteiger partial charge in [0.1, 0.15) is 0 Å². The van der Waals surface area contributed by atoms with Crippen molar-refractivity contribution in [3.05, 3.63) is 35.4 Å². The molecule has 3 atom stereocenters. The third kappa shape index (κ3) is 2.00. The molecule has 2 heteroatoms. The fraction of sp³-hybridized carbons (Fsp3) is 0.600. The Morgan fingerprint density at radius 1 is 1.35 bits per heavy atom. The summed E-state index contributed by atoms with van der Waals surface area (Å²) in [4.78, 5) is 2.27. The van der Waals surface area contributed by atoms with Crippen LogP contribution in [0.4, 0.5) is 0 Å². The summed E-state index contributed by atoms with van der Waals surface area (Å²) < 4.78 is 0. The Balaban J connectivity index is 1.70. The average Bonchev–Trinajstić information content (AvgIpc) is 3.03. The van der Waals surface area contributed by atoms with Gasteiger partial charge in [-0.1, -0.05) is 24.3 Å². The van der Waals surface area contributed by atoms with Crippen LogP contribution in [-0.4, -0.2) is 36.8 Å². The minimum absolute atomic E-state index is 0.273. The topological polar surface area (TPSA) is 23.5 Å². The van der Waals surface area contributed by atoms with E-state index in [0.717, 1.165) is 30.8 Å². The van der Waals surface area contributed by atoms with Crippen LogP contribution in [0.25, 0.3) is 0 Å². The Morgan fingerprint density at radius 2 is 2.18 bits per heavy atom. The first-order chi connectivity index (χ1) is 8.31. The van der Waals surface area contributed by atoms with Crippen LogP contribution in [-0.2, 0) is 6.42 Å². The second-order valence-corrected chi connectivity index (χ2v) is 5.58. The Kier molecular flexibility index (Phi) is 2.93. The van der Waals surface area contributed by atoms with Crippen molar-refractivity contribution in [1.82, 2.24) is 4.90 Å². The highest BCUT2D eigenvalue weighted by Crippen LogP contribution is 2.59. The normalized spacial score (nSPS) is 29.9. The molecule has 17 heavy (non-hydrogen) atoms. The lowest BCUT2D eigenvalue weighted by Gasteiger charge is -2.15. The summed E-state index contributed by atoms with van der Waals surface area (Å²) in [7, 11) is 2.12. The molecule has 1 aromatic rings. The summed E-state index contributed by atoms with van der Waals surface area (Å²) in [6.45, 7) is 2.22. The van der Waals surface area contributed by atoms with E-state index in [-0.39, 0.29) is 6.61 Å². The molecule has 0 spiro atoms. The zero-order valence-corrected chi connectivity index (χ0v) is 10.5. The molecule has 3 unspecified atom stereocenters. The summed E-state index contributed by atoms with van der Waals surface area (Å²) in [5.41, 5.74) is 3.17. The molecule has 0 aliphatic heterocycles. The number of hydrogen-bond acceptors (Lipinski definition) is 2. The maximum absolute atomic E-state index is 8.94. The fourth-order valence-electron chi connectivity index (χ4n) is 3.58. The van der Waals surface area contributed by atoms with Crippen LogP contribution in [0, 0.1) is 11.8 Å². The Hall–Kier alpha value is -0.860. The van der Waals surface area contributed by atoms with Crippen molar-refractivity contribution in [2.24, 2.45) is 11.8 Å². The van der Waals surface area contributed by atoms with Gasteiger partial charge < -0.3 is 10.0 Å². The van der Waals surface area contributed by atoms with Crippen LogP contribution in [0.2, 0.25) is 0 Å². The van der Waals surface area contributed by atoms with Gasteiger partial charge in [-0.2, -0.15) is 0 Å². The van der Waals surface area contributed by atoms with E-state index in [1.54, 1.807) is 11.1 Å². The molecule has 92 valence electrons. The quantitative estimate of drug-likeness (QED) is 0.855. The minimum atomic E-state index is 0.273. The number of aryl methyl sites for hydroxylation is 1. The van der Waals surface area contributed by atoms with Gasteiger partial charge in [-0.05, 0) is 48.8 Å². The number of nitrogens with zero attached hydrogens (tertiary/aromatic N) is 1. The predicted octanol–water partition coefficient (Wildman–Crippen LogP) is 1.89. The third-order valence-corrected chi connectivity index (χ3v) is 4.50. The summed E-state index contributed by atoms with van der Waals surface area (Å²) >= 11 is 0. The molecule has 1 N–H and O–H groups in total. The lowest BCUT2D eigenvalue weighted by atomic mass is 9.92. The van der Waals surface area contributed by atoms with Crippen molar-refractivity contribution in [2.75, 3.05) is 26.7 Å². The summed E-state index contributed by atoms with van der Waals surface area (Å²) in [5.74, 6) is 2.54. The Bertz CT molecular complexity index is 404. The fourth-order valence-corrected chi connectivity index (χ4v) is 3.58. The van der Waals surface area contributed by atoms with E-state index in [1.807, 2.05) is 0 Å². The predicted molar refractivity (Wildman–Crippen MR) is 69.1 cm³/mol. The van der Waals surface area contributed by atoms with Crippen molar-refractivity contribution in [3.63, 3.8) is 0 Å². The second-order valence-electron chi connectivity index (χ2n) is 5.58. The highest BCUT2D eigenvalue weighted by molar-refractivity contribution is 5.39. The van der Waals surface area contributed by atoms with E-state index in [0.29, 0.717) is 0 Å². The molecule has 2 nitrogen and oxygen atoms in total. The number of rotatable bonds is 4. The number of fused-ring (bicyclic) bond motifs is 3. The molecule has 0 saturated heterocycles. The van der Waals surface area contributed by atoms with Gasteiger partial charge in [0, 0.05) is 13.1 Å². The molecular formula is C15H21NO. The van der Waals surface area contributed by atoms with E-state index in [1.165, 1.54) is 12.8 Å².